The Kier molecular flexibility index (Phi) is 6.46. The number of nitrogens with zero attached hydrogens (tertiary/aromatic N) is 4. The molecule has 0 bridgehead atoms. The molecule has 0 saturated heterocycles. The first kappa shape index (κ1) is 20.1. The van der Waals surface area contributed by atoms with E-state index in [0.717, 1.165) is 53.1 Å². The van der Waals surface area contributed by atoms with E-state index in [1.165, 1.54) is 0 Å². The van der Waals surface area contributed by atoms with Crippen LogP contribution in [0.1, 0.15) is 39.3 Å². The van der Waals surface area contributed by atoms with Crippen molar-refractivity contribution < 1.29 is 9.84 Å². The topological polar surface area (TPSA) is 87.2 Å². The van der Waals surface area contributed by atoms with Crippen LogP contribution in [0.2, 0.25) is 0 Å². The molecule has 7 nitrogen and oxygen atoms in total. The van der Waals surface area contributed by atoms with E-state index >= 15 is 0 Å². The number of nitrogens with one attached hydrogen (secondary N) is 1. The van der Waals surface area contributed by atoms with Crippen LogP contribution in [0.15, 0.2) is 24.3 Å². The average Bonchev–Trinajstić information content (AvgIpc) is 3.08. The van der Waals surface area contributed by atoms with Crippen LogP contribution in [0.3, 0.4) is 0 Å². The summed E-state index contributed by atoms with van der Waals surface area (Å²) in [6.07, 6.45) is 2.25. The fourth-order valence-corrected chi connectivity index (χ4v) is 3.23. The molecule has 0 spiro atoms. The Morgan fingerprint density at radius 2 is 2.00 bits per heavy atom. The van der Waals surface area contributed by atoms with Crippen LogP contribution < -0.4 is 9.64 Å². The highest BCUT2D eigenvalue weighted by Crippen LogP contribution is 2.31. The third kappa shape index (κ3) is 4.42. The molecule has 0 fully saturated rings. The van der Waals surface area contributed by atoms with Crippen LogP contribution in [-0.4, -0.2) is 51.3 Å². The zero-order valence-corrected chi connectivity index (χ0v) is 17.1. The first-order valence-electron chi connectivity index (χ1n) is 9.88. The Morgan fingerprint density at radius 1 is 1.18 bits per heavy atom. The van der Waals surface area contributed by atoms with Gasteiger partial charge in [-0.05, 0) is 51.5 Å². The van der Waals surface area contributed by atoms with Crippen molar-refractivity contribution in [1.82, 2.24) is 20.4 Å². The number of benzene rings is 1. The maximum absolute atomic E-state index is 9.48. The highest BCUT2D eigenvalue weighted by atomic mass is 16.5. The molecule has 0 aliphatic carbocycles. The van der Waals surface area contributed by atoms with Crippen molar-refractivity contribution in [3.63, 3.8) is 0 Å². The minimum Gasteiger partial charge on any atom is -0.491 e. The number of anilines is 1. The predicted octanol–water partition coefficient (Wildman–Crippen LogP) is 3.71. The van der Waals surface area contributed by atoms with Crippen LogP contribution in [0.4, 0.5) is 5.69 Å². The summed E-state index contributed by atoms with van der Waals surface area (Å²) >= 11 is 0. The van der Waals surface area contributed by atoms with Gasteiger partial charge in [-0.25, -0.2) is 0 Å². The number of hydrogen-bond donors (Lipinski definition) is 2. The van der Waals surface area contributed by atoms with Gasteiger partial charge in [0.1, 0.15) is 17.1 Å². The zero-order valence-electron chi connectivity index (χ0n) is 17.1. The molecule has 0 amide bonds. The lowest BCUT2D eigenvalue weighted by molar-refractivity contribution is 0.243. The van der Waals surface area contributed by atoms with Crippen molar-refractivity contribution in [2.45, 2.75) is 46.6 Å². The van der Waals surface area contributed by atoms with Crippen molar-refractivity contribution in [2.24, 2.45) is 0 Å². The quantitative estimate of drug-likeness (QED) is 0.586. The van der Waals surface area contributed by atoms with Crippen LogP contribution in [0.5, 0.6) is 5.75 Å². The zero-order chi connectivity index (χ0) is 20.1. The number of aliphatic hydroxyl groups is 1. The summed E-state index contributed by atoms with van der Waals surface area (Å²) < 4.78 is 5.83. The van der Waals surface area contributed by atoms with E-state index in [2.05, 4.69) is 32.2 Å². The molecule has 0 atom stereocenters. The van der Waals surface area contributed by atoms with Crippen LogP contribution >= 0.6 is 0 Å². The molecule has 7 heteroatoms. The smallest absolute Gasteiger partial charge is 0.120 e. The second-order valence-corrected chi connectivity index (χ2v) is 7.21. The van der Waals surface area contributed by atoms with Gasteiger partial charge in [0, 0.05) is 18.5 Å². The lowest BCUT2D eigenvalue weighted by atomic mass is 10.1. The Hall–Kier alpha value is -2.67. The molecule has 3 rings (SSSR count). The number of fused-ring (bicyclic) bond motifs is 1. The second kappa shape index (κ2) is 9.01. The molecule has 0 aliphatic heterocycles. The van der Waals surface area contributed by atoms with E-state index in [-0.39, 0.29) is 12.7 Å². The van der Waals surface area contributed by atoms with Gasteiger partial charge >= 0.3 is 0 Å². The SMILES string of the molecule is CCCCN(CCO)c1cc(-c2n[nH]c3ccc(OC(C)C)cc23)nnc1C. The van der Waals surface area contributed by atoms with Gasteiger partial charge in [-0.2, -0.15) is 10.2 Å². The monoisotopic (exact) mass is 383 g/mol. The van der Waals surface area contributed by atoms with Crippen molar-refractivity contribution in [2.75, 3.05) is 24.6 Å². The molecule has 150 valence electrons. The minimum atomic E-state index is 0.0993. The summed E-state index contributed by atoms with van der Waals surface area (Å²) in [6, 6.07) is 7.90. The highest BCUT2D eigenvalue weighted by molar-refractivity contribution is 5.93. The number of aliphatic hydroxyl groups excluding tert-OH is 1. The fourth-order valence-electron chi connectivity index (χ4n) is 3.23. The van der Waals surface area contributed by atoms with Crippen molar-refractivity contribution in [3.05, 3.63) is 30.0 Å². The number of hydrogen-bond acceptors (Lipinski definition) is 6. The summed E-state index contributed by atoms with van der Waals surface area (Å²) in [7, 11) is 0. The number of aromatic amines is 1. The van der Waals surface area contributed by atoms with E-state index < -0.39 is 0 Å². The Morgan fingerprint density at radius 3 is 2.71 bits per heavy atom. The Balaban J connectivity index is 2.01. The average molecular weight is 383 g/mol. The van der Waals surface area contributed by atoms with Gasteiger partial charge in [0.15, 0.2) is 0 Å². The van der Waals surface area contributed by atoms with Crippen molar-refractivity contribution in [1.29, 1.82) is 0 Å². The number of unbranched alkanes of at least 4 members (excludes halogenated alkanes) is 1. The molecular weight excluding hydrogens is 354 g/mol. The minimum absolute atomic E-state index is 0.0993. The molecule has 2 N–H and O–H groups in total. The summed E-state index contributed by atoms with van der Waals surface area (Å²) in [4.78, 5) is 2.17. The van der Waals surface area contributed by atoms with Gasteiger partial charge < -0.3 is 14.7 Å². The molecule has 0 aliphatic rings. The van der Waals surface area contributed by atoms with Crippen LogP contribution in [-0.2, 0) is 0 Å². The third-order valence-corrected chi connectivity index (χ3v) is 4.59. The van der Waals surface area contributed by atoms with E-state index in [1.54, 1.807) is 0 Å². The van der Waals surface area contributed by atoms with E-state index in [9.17, 15) is 5.11 Å². The molecule has 2 heterocycles. The molecule has 2 aromatic heterocycles. The molecule has 0 saturated carbocycles. The lowest BCUT2D eigenvalue weighted by Gasteiger charge is -2.25. The number of rotatable bonds is 9. The highest BCUT2D eigenvalue weighted by Gasteiger charge is 2.16. The largest absolute Gasteiger partial charge is 0.491 e. The number of aryl methyl sites for hydroxylation is 1. The molecule has 0 unspecified atom stereocenters. The van der Waals surface area contributed by atoms with Gasteiger partial charge in [-0.3, -0.25) is 5.10 Å². The third-order valence-electron chi connectivity index (χ3n) is 4.59. The van der Waals surface area contributed by atoms with Crippen LogP contribution in [0, 0.1) is 6.92 Å². The van der Waals surface area contributed by atoms with Gasteiger partial charge in [0.05, 0.1) is 29.6 Å². The molecule has 1 aromatic carbocycles. The normalized spacial score (nSPS) is 11.4. The Bertz CT molecular complexity index is 922. The predicted molar refractivity (Wildman–Crippen MR) is 112 cm³/mol. The summed E-state index contributed by atoms with van der Waals surface area (Å²) in [6.45, 7) is 9.65. The number of H-pyrrole nitrogens is 1. The lowest BCUT2D eigenvalue weighted by Crippen LogP contribution is -2.28. The maximum Gasteiger partial charge on any atom is 0.120 e. The van der Waals surface area contributed by atoms with E-state index in [0.29, 0.717) is 12.2 Å². The number of ether oxygens (including phenoxy) is 1. The Labute approximate surface area is 165 Å². The van der Waals surface area contributed by atoms with Crippen molar-refractivity contribution in [3.8, 4) is 17.1 Å². The van der Waals surface area contributed by atoms with Gasteiger partial charge in [0.2, 0.25) is 0 Å². The molecule has 0 radical (unpaired) electrons. The summed E-state index contributed by atoms with van der Waals surface area (Å²) in [5, 5.41) is 26.7. The van der Waals surface area contributed by atoms with Crippen LogP contribution in [0.25, 0.3) is 22.3 Å². The summed E-state index contributed by atoms with van der Waals surface area (Å²) in [5.41, 5.74) is 4.20. The maximum atomic E-state index is 9.48. The number of aromatic nitrogens is 4. The second-order valence-electron chi connectivity index (χ2n) is 7.21. The first-order chi connectivity index (χ1) is 13.5. The van der Waals surface area contributed by atoms with E-state index in [4.69, 9.17) is 4.74 Å². The van der Waals surface area contributed by atoms with Gasteiger partial charge in [-0.1, -0.05) is 13.3 Å². The molecule has 28 heavy (non-hydrogen) atoms. The molecular formula is C21H29N5O2. The standard InChI is InChI=1S/C21H29N5O2/c1-5-6-9-26(10-11-27)20-13-19(24-22-15(20)4)21-17-12-16(28-14(2)3)7-8-18(17)23-25-21/h7-8,12-14,27H,5-6,9-11H2,1-4H3,(H,23,25). The fraction of sp³-hybridized carbons (Fsp3) is 0.476. The van der Waals surface area contributed by atoms with Crippen molar-refractivity contribution >= 4 is 16.6 Å². The van der Waals surface area contributed by atoms with E-state index in [1.807, 2.05) is 45.0 Å². The first-order valence-corrected chi connectivity index (χ1v) is 9.88. The van der Waals surface area contributed by atoms with Gasteiger partial charge in [0.25, 0.3) is 0 Å². The van der Waals surface area contributed by atoms with Gasteiger partial charge in [-0.15, -0.1) is 5.10 Å². The molecule has 3 aromatic rings. The summed E-state index contributed by atoms with van der Waals surface area (Å²) in [5.74, 6) is 0.801.